The van der Waals surface area contributed by atoms with Crippen molar-refractivity contribution in [2.24, 2.45) is 0 Å². The third kappa shape index (κ3) is 2.55. The van der Waals surface area contributed by atoms with Gasteiger partial charge in [-0.05, 0) is 19.2 Å². The molecule has 0 unspecified atom stereocenters. The molecule has 1 fully saturated rings. The van der Waals surface area contributed by atoms with Crippen molar-refractivity contribution in [2.75, 3.05) is 46.4 Å². The van der Waals surface area contributed by atoms with Crippen LogP contribution in [0.15, 0.2) is 12.1 Å². The average molecular weight is 297 g/mol. The van der Waals surface area contributed by atoms with Gasteiger partial charge in [-0.3, -0.25) is 4.79 Å². The Bertz CT molecular complexity index is 527. The Morgan fingerprint density at radius 3 is 2.60 bits per heavy atom. The Hall–Kier alpha value is -1.46. The molecule has 0 N–H and O–H groups in total. The lowest BCUT2D eigenvalue weighted by Crippen LogP contribution is -2.47. The van der Waals surface area contributed by atoms with E-state index in [-0.39, 0.29) is 5.91 Å². The molecule has 0 saturated carbocycles. The summed E-state index contributed by atoms with van der Waals surface area (Å²) in [4.78, 5) is 16.6. The van der Waals surface area contributed by atoms with E-state index < -0.39 is 0 Å². The van der Waals surface area contributed by atoms with Crippen LogP contribution in [-0.2, 0) is 0 Å². The number of likely N-dealkylation sites (N-methyl/N-ethyl adjacent to an activating group) is 1. The molecule has 0 bridgehead atoms. The van der Waals surface area contributed by atoms with Gasteiger partial charge >= 0.3 is 0 Å². The van der Waals surface area contributed by atoms with Crippen LogP contribution in [0.1, 0.15) is 10.4 Å². The molecule has 108 valence electrons. The predicted octanol–water partition coefficient (Wildman–Crippen LogP) is 1.50. The van der Waals surface area contributed by atoms with Gasteiger partial charge in [0.05, 0.1) is 5.02 Å². The number of carbonyl (C=O) groups is 1. The quantitative estimate of drug-likeness (QED) is 0.788. The maximum absolute atomic E-state index is 12.5. The number of benzene rings is 1. The summed E-state index contributed by atoms with van der Waals surface area (Å²) in [6, 6.07) is 3.39. The monoisotopic (exact) mass is 296 g/mol. The van der Waals surface area contributed by atoms with Crippen molar-refractivity contribution in [1.82, 2.24) is 9.80 Å². The Kier molecular flexibility index (Phi) is 3.72. The summed E-state index contributed by atoms with van der Waals surface area (Å²) in [6.45, 7) is 4.23. The second-order valence-electron chi connectivity index (χ2n) is 5.08. The van der Waals surface area contributed by atoms with Crippen molar-refractivity contribution >= 4 is 17.5 Å². The van der Waals surface area contributed by atoms with E-state index in [1.807, 2.05) is 4.90 Å². The molecule has 2 aliphatic heterocycles. The van der Waals surface area contributed by atoms with Crippen LogP contribution in [0.2, 0.25) is 5.02 Å². The number of amides is 1. The van der Waals surface area contributed by atoms with Crippen molar-refractivity contribution in [3.05, 3.63) is 22.7 Å². The van der Waals surface area contributed by atoms with Crippen LogP contribution in [0.5, 0.6) is 11.5 Å². The molecule has 0 atom stereocenters. The fourth-order valence-electron chi connectivity index (χ4n) is 2.43. The molecule has 1 saturated heterocycles. The minimum Gasteiger partial charge on any atom is -0.486 e. The number of halogens is 1. The number of ether oxygens (including phenoxy) is 2. The number of piperazine rings is 1. The largest absolute Gasteiger partial charge is 0.486 e. The van der Waals surface area contributed by atoms with Gasteiger partial charge in [-0.25, -0.2) is 0 Å². The molecule has 3 rings (SSSR count). The molecule has 20 heavy (non-hydrogen) atoms. The first-order valence-corrected chi connectivity index (χ1v) is 7.10. The predicted molar refractivity (Wildman–Crippen MR) is 75.8 cm³/mol. The molecule has 2 aliphatic rings. The van der Waals surface area contributed by atoms with Crippen molar-refractivity contribution in [3.8, 4) is 11.5 Å². The summed E-state index contributed by atoms with van der Waals surface area (Å²) in [5.74, 6) is 1.09. The molecule has 2 heterocycles. The zero-order valence-electron chi connectivity index (χ0n) is 11.4. The fourth-order valence-corrected chi connectivity index (χ4v) is 2.69. The van der Waals surface area contributed by atoms with Crippen molar-refractivity contribution in [1.29, 1.82) is 0 Å². The second kappa shape index (κ2) is 5.50. The van der Waals surface area contributed by atoms with Crippen LogP contribution >= 0.6 is 11.6 Å². The molecule has 0 radical (unpaired) electrons. The maximum Gasteiger partial charge on any atom is 0.254 e. The summed E-state index contributed by atoms with van der Waals surface area (Å²) in [5, 5.41) is 0.430. The normalized spacial score (nSPS) is 19.0. The molecule has 0 aliphatic carbocycles. The number of rotatable bonds is 1. The Balaban J connectivity index is 1.83. The molecule has 1 aromatic carbocycles. The van der Waals surface area contributed by atoms with Gasteiger partial charge in [-0.15, -0.1) is 0 Å². The van der Waals surface area contributed by atoms with E-state index in [9.17, 15) is 4.79 Å². The van der Waals surface area contributed by atoms with Gasteiger partial charge in [0.1, 0.15) is 13.2 Å². The highest BCUT2D eigenvalue weighted by atomic mass is 35.5. The highest BCUT2D eigenvalue weighted by molar-refractivity contribution is 6.32. The first-order chi connectivity index (χ1) is 9.65. The first-order valence-electron chi connectivity index (χ1n) is 6.72. The Morgan fingerprint density at radius 1 is 1.15 bits per heavy atom. The summed E-state index contributed by atoms with van der Waals surface area (Å²) < 4.78 is 11.0. The van der Waals surface area contributed by atoms with Gasteiger partial charge in [0.2, 0.25) is 0 Å². The molecule has 5 nitrogen and oxygen atoms in total. The van der Waals surface area contributed by atoms with Gasteiger partial charge in [-0.2, -0.15) is 0 Å². The van der Waals surface area contributed by atoms with Crippen LogP contribution < -0.4 is 9.47 Å². The number of hydrogen-bond donors (Lipinski definition) is 0. The smallest absolute Gasteiger partial charge is 0.254 e. The van der Waals surface area contributed by atoms with E-state index in [4.69, 9.17) is 21.1 Å². The maximum atomic E-state index is 12.5. The minimum atomic E-state index is -0.00280. The second-order valence-corrected chi connectivity index (χ2v) is 5.48. The zero-order valence-corrected chi connectivity index (χ0v) is 12.2. The number of fused-ring (bicyclic) bond motifs is 1. The van der Waals surface area contributed by atoms with Gasteiger partial charge in [-0.1, -0.05) is 11.6 Å². The van der Waals surface area contributed by atoms with Gasteiger partial charge in [0.25, 0.3) is 5.91 Å². The van der Waals surface area contributed by atoms with Gasteiger partial charge in [0, 0.05) is 31.7 Å². The summed E-state index contributed by atoms with van der Waals surface area (Å²) in [5.41, 5.74) is 0.559. The SMILES string of the molecule is CN1CCN(C(=O)c2cc(Cl)c3c(c2)OCCO3)CC1. The number of nitrogens with zero attached hydrogens (tertiary/aromatic N) is 2. The molecule has 0 aromatic heterocycles. The lowest BCUT2D eigenvalue weighted by Gasteiger charge is -2.32. The summed E-state index contributed by atoms with van der Waals surface area (Å²) >= 11 is 6.17. The van der Waals surface area contributed by atoms with Crippen LogP contribution in [-0.4, -0.2) is 62.1 Å². The van der Waals surface area contributed by atoms with Crippen molar-refractivity contribution in [2.45, 2.75) is 0 Å². The molecular weight excluding hydrogens is 280 g/mol. The number of carbonyl (C=O) groups excluding carboxylic acids is 1. The van der Waals surface area contributed by atoms with Crippen LogP contribution in [0.25, 0.3) is 0 Å². The average Bonchev–Trinajstić information content (AvgIpc) is 2.47. The van der Waals surface area contributed by atoms with E-state index in [0.717, 1.165) is 26.2 Å². The van der Waals surface area contributed by atoms with E-state index in [0.29, 0.717) is 35.3 Å². The molecule has 1 aromatic rings. The van der Waals surface area contributed by atoms with Crippen LogP contribution in [0, 0.1) is 0 Å². The third-order valence-electron chi connectivity index (χ3n) is 3.63. The van der Waals surface area contributed by atoms with Gasteiger partial charge < -0.3 is 19.3 Å². The fraction of sp³-hybridized carbons (Fsp3) is 0.500. The van der Waals surface area contributed by atoms with Crippen LogP contribution in [0.3, 0.4) is 0 Å². The van der Waals surface area contributed by atoms with Crippen molar-refractivity contribution in [3.63, 3.8) is 0 Å². The van der Waals surface area contributed by atoms with E-state index in [2.05, 4.69) is 11.9 Å². The van der Waals surface area contributed by atoms with Crippen molar-refractivity contribution < 1.29 is 14.3 Å². The highest BCUT2D eigenvalue weighted by Gasteiger charge is 2.24. The minimum absolute atomic E-state index is 0.00280. The standard InChI is InChI=1S/C14H17ClN2O3/c1-16-2-4-17(5-3-16)14(18)10-8-11(15)13-12(9-10)19-6-7-20-13/h8-9H,2-7H2,1H3. The summed E-state index contributed by atoms with van der Waals surface area (Å²) in [6.07, 6.45) is 0. The highest BCUT2D eigenvalue weighted by Crippen LogP contribution is 2.38. The topological polar surface area (TPSA) is 42.0 Å². The molecule has 1 amide bonds. The van der Waals surface area contributed by atoms with E-state index >= 15 is 0 Å². The Labute approximate surface area is 123 Å². The molecular formula is C14H17ClN2O3. The third-order valence-corrected chi connectivity index (χ3v) is 3.92. The number of hydrogen-bond acceptors (Lipinski definition) is 4. The summed E-state index contributed by atoms with van der Waals surface area (Å²) in [7, 11) is 2.06. The Morgan fingerprint density at radius 2 is 1.85 bits per heavy atom. The van der Waals surface area contributed by atoms with Crippen LogP contribution in [0.4, 0.5) is 0 Å². The zero-order chi connectivity index (χ0) is 14.1. The molecule has 6 heteroatoms. The lowest BCUT2D eigenvalue weighted by molar-refractivity contribution is 0.0663. The van der Waals surface area contributed by atoms with E-state index in [1.165, 1.54) is 0 Å². The lowest BCUT2D eigenvalue weighted by atomic mass is 10.1. The van der Waals surface area contributed by atoms with Gasteiger partial charge in [0.15, 0.2) is 11.5 Å². The first kappa shape index (κ1) is 13.5. The molecule has 0 spiro atoms. The van der Waals surface area contributed by atoms with E-state index in [1.54, 1.807) is 12.1 Å².